The lowest BCUT2D eigenvalue weighted by molar-refractivity contribution is 0.106. The summed E-state index contributed by atoms with van der Waals surface area (Å²) in [6.45, 7) is 6.60. The number of ether oxygens (including phenoxy) is 1. The fourth-order valence-corrected chi connectivity index (χ4v) is 2.40. The van der Waals surface area contributed by atoms with Crippen LogP contribution in [-0.2, 0) is 4.74 Å². The van der Waals surface area contributed by atoms with E-state index in [2.05, 4.69) is 48.3 Å². The Hall–Kier alpha value is -1.22. The summed E-state index contributed by atoms with van der Waals surface area (Å²) in [4.78, 5) is 2.46. The van der Waals surface area contributed by atoms with Gasteiger partial charge in [0.05, 0.1) is 17.5 Å². The van der Waals surface area contributed by atoms with E-state index in [1.807, 2.05) is 0 Å². The van der Waals surface area contributed by atoms with Gasteiger partial charge in [-0.3, -0.25) is 0 Å². The lowest BCUT2D eigenvalue weighted by atomic mass is 10.1. The molecule has 0 spiro atoms. The molecule has 1 fully saturated rings. The van der Waals surface area contributed by atoms with E-state index in [9.17, 15) is 0 Å². The molecular weight excluding hydrogens is 224 g/mol. The number of hydrogen-bond acceptors (Lipinski definition) is 3. The van der Waals surface area contributed by atoms with Gasteiger partial charge in [0.2, 0.25) is 0 Å². The predicted molar refractivity (Wildman–Crippen MR) is 77.4 cm³/mol. The molecule has 1 heterocycles. The van der Waals surface area contributed by atoms with Gasteiger partial charge >= 0.3 is 0 Å². The van der Waals surface area contributed by atoms with E-state index >= 15 is 0 Å². The maximum absolute atomic E-state index is 5.37. The van der Waals surface area contributed by atoms with Crippen LogP contribution in [0.4, 0.5) is 11.4 Å². The highest BCUT2D eigenvalue weighted by atomic mass is 16.5. The van der Waals surface area contributed by atoms with Crippen LogP contribution in [-0.4, -0.2) is 32.3 Å². The maximum atomic E-state index is 5.37. The van der Waals surface area contributed by atoms with Crippen LogP contribution in [0, 0.1) is 0 Å². The van der Waals surface area contributed by atoms with E-state index in [1.54, 1.807) is 7.11 Å². The van der Waals surface area contributed by atoms with E-state index in [-0.39, 0.29) is 6.10 Å². The Kier molecular flexibility index (Phi) is 4.48. The molecule has 3 nitrogen and oxygen atoms in total. The number of para-hydroxylation sites is 2. The quantitative estimate of drug-likeness (QED) is 0.866. The summed E-state index contributed by atoms with van der Waals surface area (Å²) in [6, 6.07) is 8.87. The van der Waals surface area contributed by atoms with Crippen molar-refractivity contribution in [2.75, 3.05) is 30.4 Å². The van der Waals surface area contributed by atoms with Crippen LogP contribution >= 0.6 is 0 Å². The Bertz CT molecular complexity index is 375. The molecule has 2 unspecified atom stereocenters. The number of anilines is 2. The van der Waals surface area contributed by atoms with Gasteiger partial charge in [0.1, 0.15) is 0 Å². The number of rotatable bonds is 5. The van der Waals surface area contributed by atoms with Gasteiger partial charge in [0.15, 0.2) is 0 Å². The number of nitrogens with zero attached hydrogens (tertiary/aromatic N) is 1. The average Bonchev–Trinajstić information content (AvgIpc) is 2.92. The fourth-order valence-electron chi connectivity index (χ4n) is 2.40. The normalized spacial score (nSPS) is 18.7. The molecule has 18 heavy (non-hydrogen) atoms. The van der Waals surface area contributed by atoms with Crippen LogP contribution in [0.5, 0.6) is 0 Å². The van der Waals surface area contributed by atoms with Crippen molar-refractivity contribution in [3.8, 4) is 0 Å². The van der Waals surface area contributed by atoms with Gasteiger partial charge in [-0.1, -0.05) is 12.1 Å². The number of benzene rings is 1. The Morgan fingerprint density at radius 2 is 1.83 bits per heavy atom. The Morgan fingerprint density at radius 3 is 2.50 bits per heavy atom. The van der Waals surface area contributed by atoms with Crippen molar-refractivity contribution in [1.29, 1.82) is 0 Å². The van der Waals surface area contributed by atoms with Crippen molar-refractivity contribution in [2.45, 2.75) is 38.8 Å². The molecule has 100 valence electrons. The first-order chi connectivity index (χ1) is 8.72. The number of nitrogens with one attached hydrogen (secondary N) is 1. The van der Waals surface area contributed by atoms with Crippen LogP contribution in [0.25, 0.3) is 0 Å². The lowest BCUT2D eigenvalue weighted by Gasteiger charge is -2.26. The van der Waals surface area contributed by atoms with Gasteiger partial charge < -0.3 is 15.0 Å². The molecule has 0 saturated carbocycles. The van der Waals surface area contributed by atoms with E-state index in [4.69, 9.17) is 4.74 Å². The van der Waals surface area contributed by atoms with Gasteiger partial charge in [0.25, 0.3) is 0 Å². The third kappa shape index (κ3) is 2.96. The maximum Gasteiger partial charge on any atom is 0.0741 e. The summed E-state index contributed by atoms with van der Waals surface area (Å²) in [6.07, 6.45) is 2.81. The van der Waals surface area contributed by atoms with Crippen LogP contribution in [0.3, 0.4) is 0 Å². The van der Waals surface area contributed by atoms with Gasteiger partial charge in [-0.15, -0.1) is 0 Å². The molecular formula is C15H24N2O. The predicted octanol–water partition coefficient (Wildman–Crippen LogP) is 3.12. The first kappa shape index (κ1) is 13.2. The molecule has 1 aromatic carbocycles. The molecule has 1 aromatic rings. The van der Waals surface area contributed by atoms with Crippen molar-refractivity contribution < 1.29 is 4.74 Å². The SMILES string of the molecule is COC(C)C(C)Nc1ccccc1N1CCCC1. The highest BCUT2D eigenvalue weighted by Crippen LogP contribution is 2.29. The Labute approximate surface area is 110 Å². The lowest BCUT2D eigenvalue weighted by Crippen LogP contribution is -2.30. The molecule has 2 atom stereocenters. The zero-order valence-electron chi connectivity index (χ0n) is 11.6. The highest BCUT2D eigenvalue weighted by Gasteiger charge is 2.17. The average molecular weight is 248 g/mol. The fraction of sp³-hybridized carbons (Fsp3) is 0.600. The molecule has 3 heteroatoms. The van der Waals surface area contributed by atoms with Crippen molar-refractivity contribution in [1.82, 2.24) is 0 Å². The van der Waals surface area contributed by atoms with Crippen LogP contribution in [0.2, 0.25) is 0 Å². The van der Waals surface area contributed by atoms with Gasteiger partial charge in [0, 0.05) is 26.2 Å². The molecule has 0 radical (unpaired) electrons. The summed E-state index contributed by atoms with van der Waals surface area (Å²) in [5, 5.41) is 3.57. The van der Waals surface area contributed by atoms with Crippen LogP contribution in [0.15, 0.2) is 24.3 Å². The molecule has 0 aliphatic carbocycles. The number of methoxy groups -OCH3 is 1. The smallest absolute Gasteiger partial charge is 0.0741 e. The molecule has 2 rings (SSSR count). The van der Waals surface area contributed by atoms with E-state index < -0.39 is 0 Å². The second-order valence-electron chi connectivity index (χ2n) is 5.09. The molecule has 1 saturated heterocycles. The molecule has 1 aliphatic heterocycles. The Balaban J connectivity index is 2.12. The minimum absolute atomic E-state index is 0.205. The van der Waals surface area contributed by atoms with Crippen molar-refractivity contribution in [3.63, 3.8) is 0 Å². The molecule has 0 bridgehead atoms. The molecule has 1 N–H and O–H groups in total. The largest absolute Gasteiger partial charge is 0.380 e. The van der Waals surface area contributed by atoms with E-state index in [0.29, 0.717) is 6.04 Å². The minimum atomic E-state index is 0.205. The number of hydrogen-bond donors (Lipinski definition) is 1. The standard InChI is InChI=1S/C15H24N2O/c1-12(13(2)18-3)16-14-8-4-5-9-15(14)17-10-6-7-11-17/h4-5,8-9,12-13,16H,6-7,10-11H2,1-3H3. The third-order valence-electron chi connectivity index (χ3n) is 3.81. The zero-order valence-corrected chi connectivity index (χ0v) is 11.6. The monoisotopic (exact) mass is 248 g/mol. The van der Waals surface area contributed by atoms with Crippen LogP contribution < -0.4 is 10.2 Å². The first-order valence-corrected chi connectivity index (χ1v) is 6.85. The van der Waals surface area contributed by atoms with Gasteiger partial charge in [-0.25, -0.2) is 0 Å². The highest BCUT2D eigenvalue weighted by molar-refractivity contribution is 5.70. The van der Waals surface area contributed by atoms with Crippen molar-refractivity contribution in [2.24, 2.45) is 0 Å². The summed E-state index contributed by atoms with van der Waals surface area (Å²) in [7, 11) is 1.76. The minimum Gasteiger partial charge on any atom is -0.380 e. The third-order valence-corrected chi connectivity index (χ3v) is 3.81. The topological polar surface area (TPSA) is 24.5 Å². The Morgan fingerprint density at radius 1 is 1.17 bits per heavy atom. The zero-order chi connectivity index (χ0) is 13.0. The summed E-state index contributed by atoms with van der Waals surface area (Å²) in [5.74, 6) is 0. The van der Waals surface area contributed by atoms with Crippen molar-refractivity contribution in [3.05, 3.63) is 24.3 Å². The second-order valence-corrected chi connectivity index (χ2v) is 5.09. The molecule has 0 aromatic heterocycles. The van der Waals surface area contributed by atoms with Crippen molar-refractivity contribution >= 4 is 11.4 Å². The van der Waals surface area contributed by atoms with Gasteiger partial charge in [-0.05, 0) is 38.8 Å². The van der Waals surface area contributed by atoms with Crippen LogP contribution in [0.1, 0.15) is 26.7 Å². The second kappa shape index (κ2) is 6.10. The molecule has 1 aliphatic rings. The van der Waals surface area contributed by atoms with E-state index in [0.717, 1.165) is 0 Å². The first-order valence-electron chi connectivity index (χ1n) is 6.85. The van der Waals surface area contributed by atoms with E-state index in [1.165, 1.54) is 37.3 Å². The van der Waals surface area contributed by atoms with Gasteiger partial charge in [-0.2, -0.15) is 0 Å². The summed E-state index contributed by atoms with van der Waals surface area (Å²) >= 11 is 0. The summed E-state index contributed by atoms with van der Waals surface area (Å²) in [5.41, 5.74) is 2.54. The summed E-state index contributed by atoms with van der Waals surface area (Å²) < 4.78 is 5.37. The molecule has 0 amide bonds.